The van der Waals surface area contributed by atoms with E-state index in [-0.39, 0.29) is 0 Å². The fourth-order valence-electron chi connectivity index (χ4n) is 2.56. The molecule has 108 valence electrons. The Morgan fingerprint density at radius 3 is 2.40 bits per heavy atom. The highest BCUT2D eigenvalue weighted by Gasteiger charge is 2.13. The summed E-state index contributed by atoms with van der Waals surface area (Å²) < 4.78 is 1.20. The van der Waals surface area contributed by atoms with Crippen molar-refractivity contribution in [3.8, 4) is 0 Å². The van der Waals surface area contributed by atoms with Crippen LogP contribution in [0.1, 0.15) is 41.6 Å². The van der Waals surface area contributed by atoms with Gasteiger partial charge in [0.2, 0.25) is 0 Å². The fraction of sp³-hybridized carbons (Fsp3) is 0.412. The summed E-state index contributed by atoms with van der Waals surface area (Å²) in [6.45, 7) is 7.62. The largest absolute Gasteiger partial charge is 0.310 e. The van der Waals surface area contributed by atoms with Crippen LogP contribution in [0.3, 0.4) is 0 Å². The molecular formula is C17H22BrNS. The number of benzene rings is 1. The standard InChI is InChI=1S/C17H22BrNS/c1-4-5-19-16(15-10-17(18)20-11-15)9-14-7-12(2)6-13(3)8-14/h6-8,10-11,16,19H,4-5,9H2,1-3H3. The third-order valence-electron chi connectivity index (χ3n) is 3.35. The molecule has 1 nitrogen and oxygen atoms in total. The molecule has 0 saturated carbocycles. The summed E-state index contributed by atoms with van der Waals surface area (Å²) >= 11 is 5.33. The van der Waals surface area contributed by atoms with Crippen molar-refractivity contribution >= 4 is 27.3 Å². The zero-order valence-electron chi connectivity index (χ0n) is 12.4. The third-order valence-corrected chi connectivity index (χ3v) is 4.87. The molecule has 0 saturated heterocycles. The van der Waals surface area contributed by atoms with Gasteiger partial charge in [0, 0.05) is 6.04 Å². The van der Waals surface area contributed by atoms with Crippen LogP contribution in [0.5, 0.6) is 0 Å². The van der Waals surface area contributed by atoms with Gasteiger partial charge in [0.15, 0.2) is 0 Å². The molecule has 0 spiro atoms. The van der Waals surface area contributed by atoms with Crippen LogP contribution in [-0.2, 0) is 6.42 Å². The van der Waals surface area contributed by atoms with E-state index in [1.165, 1.54) is 26.0 Å². The Hall–Kier alpha value is -0.640. The van der Waals surface area contributed by atoms with Gasteiger partial charge in [0.05, 0.1) is 3.79 Å². The summed E-state index contributed by atoms with van der Waals surface area (Å²) in [5.74, 6) is 0. The number of thiophene rings is 1. The molecule has 2 rings (SSSR count). The summed E-state index contributed by atoms with van der Waals surface area (Å²) in [4.78, 5) is 0. The number of nitrogens with one attached hydrogen (secondary N) is 1. The van der Waals surface area contributed by atoms with Crippen LogP contribution in [0.4, 0.5) is 0 Å². The normalized spacial score (nSPS) is 12.6. The molecule has 0 aliphatic rings. The van der Waals surface area contributed by atoms with E-state index >= 15 is 0 Å². The van der Waals surface area contributed by atoms with Crippen molar-refractivity contribution in [1.29, 1.82) is 0 Å². The summed E-state index contributed by atoms with van der Waals surface area (Å²) in [6.07, 6.45) is 2.21. The van der Waals surface area contributed by atoms with Crippen LogP contribution >= 0.6 is 27.3 Å². The lowest BCUT2D eigenvalue weighted by Crippen LogP contribution is -2.23. The molecule has 20 heavy (non-hydrogen) atoms. The monoisotopic (exact) mass is 351 g/mol. The second kappa shape index (κ2) is 7.39. The van der Waals surface area contributed by atoms with Gasteiger partial charge in [-0.2, -0.15) is 0 Å². The SMILES string of the molecule is CCCNC(Cc1cc(C)cc(C)c1)c1csc(Br)c1. The zero-order valence-corrected chi connectivity index (χ0v) is 14.8. The van der Waals surface area contributed by atoms with E-state index in [2.05, 4.69) is 71.7 Å². The van der Waals surface area contributed by atoms with Gasteiger partial charge in [0.1, 0.15) is 0 Å². The van der Waals surface area contributed by atoms with Crippen LogP contribution in [0.25, 0.3) is 0 Å². The van der Waals surface area contributed by atoms with Gasteiger partial charge in [0.25, 0.3) is 0 Å². The number of halogens is 1. The molecular weight excluding hydrogens is 330 g/mol. The Balaban J connectivity index is 2.18. The molecule has 0 aliphatic carbocycles. The molecule has 1 N–H and O–H groups in total. The predicted octanol–water partition coefficient (Wildman–Crippen LogP) is 5.41. The van der Waals surface area contributed by atoms with Gasteiger partial charge in [-0.1, -0.05) is 36.2 Å². The first-order valence-corrected chi connectivity index (χ1v) is 8.80. The van der Waals surface area contributed by atoms with E-state index in [0.29, 0.717) is 6.04 Å². The molecule has 1 heterocycles. The number of hydrogen-bond donors (Lipinski definition) is 1. The maximum absolute atomic E-state index is 3.67. The van der Waals surface area contributed by atoms with E-state index in [1.807, 2.05) is 0 Å². The topological polar surface area (TPSA) is 12.0 Å². The average Bonchev–Trinajstić information content (AvgIpc) is 2.80. The molecule has 1 aromatic carbocycles. The van der Waals surface area contributed by atoms with E-state index in [4.69, 9.17) is 0 Å². The van der Waals surface area contributed by atoms with Crippen molar-refractivity contribution in [2.75, 3.05) is 6.54 Å². The Morgan fingerprint density at radius 1 is 1.15 bits per heavy atom. The summed E-state index contributed by atoms with van der Waals surface area (Å²) in [5.41, 5.74) is 5.49. The predicted molar refractivity (Wildman–Crippen MR) is 92.7 cm³/mol. The van der Waals surface area contributed by atoms with Gasteiger partial charge in [-0.05, 0) is 71.7 Å². The van der Waals surface area contributed by atoms with Gasteiger partial charge in [-0.25, -0.2) is 0 Å². The Labute approximate surface area is 134 Å². The van der Waals surface area contributed by atoms with Crippen LogP contribution < -0.4 is 5.32 Å². The maximum atomic E-state index is 3.67. The van der Waals surface area contributed by atoms with E-state index in [1.54, 1.807) is 11.3 Å². The van der Waals surface area contributed by atoms with Gasteiger partial charge in [-0.3, -0.25) is 0 Å². The third kappa shape index (κ3) is 4.44. The first-order chi connectivity index (χ1) is 9.58. The lowest BCUT2D eigenvalue weighted by molar-refractivity contribution is 0.530. The lowest BCUT2D eigenvalue weighted by Gasteiger charge is -2.18. The highest BCUT2D eigenvalue weighted by molar-refractivity contribution is 9.11. The molecule has 1 atom stereocenters. The minimum absolute atomic E-state index is 0.402. The number of aryl methyl sites for hydroxylation is 2. The first kappa shape index (κ1) is 15.7. The summed E-state index contributed by atoms with van der Waals surface area (Å²) in [7, 11) is 0. The van der Waals surface area contributed by atoms with Crippen molar-refractivity contribution in [1.82, 2.24) is 5.32 Å². The number of hydrogen-bond acceptors (Lipinski definition) is 2. The highest BCUT2D eigenvalue weighted by Crippen LogP contribution is 2.28. The second-order valence-electron chi connectivity index (χ2n) is 5.39. The molecule has 0 radical (unpaired) electrons. The van der Waals surface area contributed by atoms with E-state index < -0.39 is 0 Å². The quantitative estimate of drug-likeness (QED) is 0.733. The van der Waals surface area contributed by atoms with Crippen molar-refractivity contribution < 1.29 is 0 Å². The molecule has 0 amide bonds. The summed E-state index contributed by atoms with van der Waals surface area (Å²) in [6, 6.07) is 9.47. The molecule has 3 heteroatoms. The van der Waals surface area contributed by atoms with Crippen LogP contribution in [0.15, 0.2) is 33.4 Å². The minimum Gasteiger partial charge on any atom is -0.310 e. The molecule has 0 fully saturated rings. The maximum Gasteiger partial charge on any atom is 0.0701 e. The highest BCUT2D eigenvalue weighted by atomic mass is 79.9. The van der Waals surface area contributed by atoms with Gasteiger partial charge >= 0.3 is 0 Å². The van der Waals surface area contributed by atoms with Crippen molar-refractivity contribution in [2.45, 2.75) is 39.7 Å². The van der Waals surface area contributed by atoms with Gasteiger partial charge in [-0.15, -0.1) is 11.3 Å². The van der Waals surface area contributed by atoms with Crippen molar-refractivity contribution in [2.24, 2.45) is 0 Å². The molecule has 1 unspecified atom stereocenters. The Morgan fingerprint density at radius 2 is 1.85 bits per heavy atom. The number of rotatable bonds is 6. The van der Waals surface area contributed by atoms with Crippen LogP contribution in [0.2, 0.25) is 0 Å². The van der Waals surface area contributed by atoms with Crippen molar-refractivity contribution in [3.05, 3.63) is 55.7 Å². The van der Waals surface area contributed by atoms with Crippen LogP contribution in [0, 0.1) is 13.8 Å². The van der Waals surface area contributed by atoms with Crippen LogP contribution in [-0.4, -0.2) is 6.54 Å². The lowest BCUT2D eigenvalue weighted by atomic mass is 9.98. The molecule has 0 aliphatic heterocycles. The Kier molecular flexibility index (Phi) is 5.82. The smallest absolute Gasteiger partial charge is 0.0701 e. The molecule has 2 aromatic rings. The summed E-state index contributed by atoms with van der Waals surface area (Å²) in [5, 5.41) is 5.92. The minimum atomic E-state index is 0.402. The second-order valence-corrected chi connectivity index (χ2v) is 7.68. The first-order valence-electron chi connectivity index (χ1n) is 7.13. The van der Waals surface area contributed by atoms with E-state index in [9.17, 15) is 0 Å². The van der Waals surface area contributed by atoms with Crippen molar-refractivity contribution in [3.63, 3.8) is 0 Å². The zero-order chi connectivity index (χ0) is 14.5. The average molecular weight is 352 g/mol. The molecule has 1 aromatic heterocycles. The van der Waals surface area contributed by atoms with Gasteiger partial charge < -0.3 is 5.32 Å². The fourth-order valence-corrected chi connectivity index (χ4v) is 3.78. The molecule has 0 bridgehead atoms. The van der Waals surface area contributed by atoms with E-state index in [0.717, 1.165) is 19.4 Å². The Bertz CT molecular complexity index is 542.